The van der Waals surface area contributed by atoms with Crippen LogP contribution in [0.25, 0.3) is 0 Å². The lowest BCUT2D eigenvalue weighted by Gasteiger charge is -2.17. The number of alkyl halides is 3. The summed E-state index contributed by atoms with van der Waals surface area (Å²) in [4.78, 5) is 25.2. The van der Waals surface area contributed by atoms with Crippen molar-refractivity contribution in [3.63, 3.8) is 0 Å². The van der Waals surface area contributed by atoms with E-state index < -0.39 is 40.7 Å². The monoisotopic (exact) mass is 432 g/mol. The van der Waals surface area contributed by atoms with E-state index in [2.05, 4.69) is 5.32 Å². The molecule has 0 aliphatic carbocycles. The summed E-state index contributed by atoms with van der Waals surface area (Å²) in [6, 6.07) is 13.4. The van der Waals surface area contributed by atoms with Crippen LogP contribution in [-0.2, 0) is 12.7 Å². The lowest BCUT2D eigenvalue weighted by Crippen LogP contribution is -2.20. The van der Waals surface area contributed by atoms with Crippen molar-refractivity contribution in [2.24, 2.45) is 5.73 Å². The summed E-state index contributed by atoms with van der Waals surface area (Å²) in [6.45, 7) is 0.0887. The Bertz CT molecular complexity index is 1110. The second-order valence-corrected chi connectivity index (χ2v) is 6.39. The quantitative estimate of drug-likeness (QED) is 0.346. The van der Waals surface area contributed by atoms with Gasteiger partial charge in [-0.3, -0.25) is 4.79 Å². The average Bonchev–Trinajstić information content (AvgIpc) is 2.73. The standard InChI is InChI=1S/C22H16F4N2O3/c23-15-10-8-13(9-11-15)21(30)31-19-16(5-3-6-17(19)22(24,25)26)20(29)28-18-7-2-1-4-14(18)12-27/h1-11H,12,27H2,(H,28,29). The van der Waals surface area contributed by atoms with E-state index in [4.69, 9.17) is 10.5 Å². The first kappa shape index (κ1) is 22.0. The maximum absolute atomic E-state index is 13.6. The molecule has 0 unspecified atom stereocenters. The van der Waals surface area contributed by atoms with Crippen LogP contribution < -0.4 is 15.8 Å². The number of halogens is 4. The van der Waals surface area contributed by atoms with Gasteiger partial charge in [0.15, 0.2) is 5.75 Å². The highest BCUT2D eigenvalue weighted by Crippen LogP contribution is 2.39. The number of hydrogen-bond acceptors (Lipinski definition) is 4. The van der Waals surface area contributed by atoms with E-state index in [0.717, 1.165) is 36.4 Å². The van der Waals surface area contributed by atoms with Gasteiger partial charge >= 0.3 is 12.1 Å². The van der Waals surface area contributed by atoms with Crippen LogP contribution in [0.1, 0.15) is 31.8 Å². The normalized spacial score (nSPS) is 11.1. The first-order valence-electron chi connectivity index (χ1n) is 8.98. The second kappa shape index (κ2) is 8.97. The lowest BCUT2D eigenvalue weighted by atomic mass is 10.1. The molecule has 0 saturated carbocycles. The Kier molecular flexibility index (Phi) is 6.36. The summed E-state index contributed by atoms with van der Waals surface area (Å²) in [6.07, 6.45) is -4.90. The molecule has 0 aliphatic heterocycles. The van der Waals surface area contributed by atoms with Gasteiger partial charge in [0.05, 0.1) is 16.7 Å². The Morgan fingerprint density at radius 1 is 0.935 bits per heavy atom. The zero-order valence-electron chi connectivity index (χ0n) is 15.9. The molecule has 3 aromatic rings. The number of carbonyl (C=O) groups excluding carboxylic acids is 2. The topological polar surface area (TPSA) is 81.4 Å². The molecule has 0 bridgehead atoms. The van der Waals surface area contributed by atoms with Crippen molar-refractivity contribution in [2.75, 3.05) is 5.32 Å². The fourth-order valence-corrected chi connectivity index (χ4v) is 2.80. The lowest BCUT2D eigenvalue weighted by molar-refractivity contribution is -0.138. The number of para-hydroxylation sites is 2. The third-order valence-corrected chi connectivity index (χ3v) is 4.33. The molecule has 0 saturated heterocycles. The molecule has 9 heteroatoms. The van der Waals surface area contributed by atoms with Gasteiger partial charge in [-0.2, -0.15) is 13.2 Å². The van der Waals surface area contributed by atoms with Gasteiger partial charge in [0, 0.05) is 12.2 Å². The van der Waals surface area contributed by atoms with E-state index in [-0.39, 0.29) is 12.1 Å². The molecule has 0 aromatic heterocycles. The number of esters is 1. The number of anilines is 1. The Labute approximate surface area is 174 Å². The third-order valence-electron chi connectivity index (χ3n) is 4.33. The molecule has 31 heavy (non-hydrogen) atoms. The van der Waals surface area contributed by atoms with Crippen molar-refractivity contribution in [2.45, 2.75) is 12.7 Å². The first-order valence-corrected chi connectivity index (χ1v) is 8.98. The molecular formula is C22H16F4N2O3. The van der Waals surface area contributed by atoms with E-state index in [1.807, 2.05) is 0 Å². The number of hydrogen-bond donors (Lipinski definition) is 2. The molecule has 160 valence electrons. The van der Waals surface area contributed by atoms with Crippen molar-refractivity contribution in [3.8, 4) is 5.75 Å². The number of amides is 1. The highest BCUT2D eigenvalue weighted by Gasteiger charge is 2.37. The van der Waals surface area contributed by atoms with Crippen LogP contribution in [0, 0.1) is 5.82 Å². The molecule has 0 spiro atoms. The molecule has 1 amide bonds. The maximum atomic E-state index is 13.6. The first-order chi connectivity index (χ1) is 14.7. The highest BCUT2D eigenvalue weighted by molar-refractivity contribution is 6.07. The number of carbonyl (C=O) groups is 2. The van der Waals surface area contributed by atoms with E-state index in [0.29, 0.717) is 17.3 Å². The van der Waals surface area contributed by atoms with Gasteiger partial charge in [0.1, 0.15) is 5.82 Å². The fourth-order valence-electron chi connectivity index (χ4n) is 2.80. The minimum Gasteiger partial charge on any atom is -0.421 e. The van der Waals surface area contributed by atoms with E-state index >= 15 is 0 Å². The van der Waals surface area contributed by atoms with Crippen molar-refractivity contribution in [3.05, 3.63) is 94.8 Å². The van der Waals surface area contributed by atoms with Crippen LogP contribution in [0.2, 0.25) is 0 Å². The zero-order chi connectivity index (χ0) is 22.6. The average molecular weight is 432 g/mol. The zero-order valence-corrected chi connectivity index (χ0v) is 15.9. The Hall–Kier alpha value is -3.72. The molecule has 0 heterocycles. The maximum Gasteiger partial charge on any atom is 0.420 e. The minimum atomic E-state index is -4.90. The minimum absolute atomic E-state index is 0.0887. The molecule has 0 fully saturated rings. The fraction of sp³-hybridized carbons (Fsp3) is 0.0909. The third kappa shape index (κ3) is 5.07. The summed E-state index contributed by atoms with van der Waals surface area (Å²) in [5.41, 5.74) is 4.50. The number of nitrogens with two attached hydrogens (primary N) is 1. The van der Waals surface area contributed by atoms with Crippen LogP contribution in [0.3, 0.4) is 0 Å². The summed E-state index contributed by atoms with van der Waals surface area (Å²) in [7, 11) is 0. The van der Waals surface area contributed by atoms with Crippen molar-refractivity contribution in [1.29, 1.82) is 0 Å². The molecule has 0 atom stereocenters. The van der Waals surface area contributed by atoms with Gasteiger partial charge in [-0.1, -0.05) is 24.3 Å². The molecule has 0 aliphatic rings. The number of benzene rings is 3. The van der Waals surface area contributed by atoms with Crippen molar-refractivity contribution in [1.82, 2.24) is 0 Å². The smallest absolute Gasteiger partial charge is 0.420 e. The van der Waals surface area contributed by atoms with E-state index in [9.17, 15) is 27.2 Å². The highest BCUT2D eigenvalue weighted by atomic mass is 19.4. The van der Waals surface area contributed by atoms with Gasteiger partial charge < -0.3 is 15.8 Å². The Morgan fingerprint density at radius 2 is 1.61 bits per heavy atom. The van der Waals surface area contributed by atoms with Crippen molar-refractivity contribution >= 4 is 17.6 Å². The summed E-state index contributed by atoms with van der Waals surface area (Å²) >= 11 is 0. The van der Waals surface area contributed by atoms with Gasteiger partial charge in [-0.05, 0) is 48.0 Å². The molecule has 3 rings (SSSR count). The van der Waals surface area contributed by atoms with Crippen molar-refractivity contribution < 1.29 is 31.9 Å². The van der Waals surface area contributed by atoms with Crippen LogP contribution in [0.5, 0.6) is 5.75 Å². The molecule has 5 nitrogen and oxygen atoms in total. The summed E-state index contributed by atoms with van der Waals surface area (Å²) in [5, 5.41) is 2.49. The number of rotatable bonds is 5. The summed E-state index contributed by atoms with van der Waals surface area (Å²) < 4.78 is 58.7. The van der Waals surface area contributed by atoms with E-state index in [1.54, 1.807) is 18.2 Å². The van der Waals surface area contributed by atoms with Crippen LogP contribution >= 0.6 is 0 Å². The van der Waals surface area contributed by atoms with Gasteiger partial charge in [-0.15, -0.1) is 0 Å². The predicted molar refractivity (Wildman–Crippen MR) is 105 cm³/mol. The van der Waals surface area contributed by atoms with Gasteiger partial charge in [-0.25, -0.2) is 9.18 Å². The summed E-state index contributed by atoms with van der Waals surface area (Å²) in [5.74, 6) is -3.68. The van der Waals surface area contributed by atoms with Crippen LogP contribution in [0.15, 0.2) is 66.7 Å². The Balaban J connectivity index is 2.01. The SMILES string of the molecule is NCc1ccccc1NC(=O)c1cccc(C(F)(F)F)c1OC(=O)c1ccc(F)cc1. The molecular weight excluding hydrogens is 416 g/mol. The predicted octanol–water partition coefficient (Wildman–Crippen LogP) is 4.77. The van der Waals surface area contributed by atoms with Crippen LogP contribution in [0.4, 0.5) is 23.2 Å². The Morgan fingerprint density at radius 3 is 2.26 bits per heavy atom. The van der Waals surface area contributed by atoms with Gasteiger partial charge in [0.2, 0.25) is 0 Å². The molecule has 3 N–H and O–H groups in total. The number of ether oxygens (including phenoxy) is 1. The molecule has 0 radical (unpaired) electrons. The second-order valence-electron chi connectivity index (χ2n) is 6.39. The number of nitrogens with one attached hydrogen (secondary N) is 1. The van der Waals surface area contributed by atoms with Gasteiger partial charge in [0.25, 0.3) is 5.91 Å². The van der Waals surface area contributed by atoms with Crippen LogP contribution in [-0.4, -0.2) is 11.9 Å². The largest absolute Gasteiger partial charge is 0.421 e. The van der Waals surface area contributed by atoms with E-state index in [1.165, 1.54) is 6.07 Å². The molecule has 3 aromatic carbocycles.